The summed E-state index contributed by atoms with van der Waals surface area (Å²) in [6, 6.07) is -0.565. The summed E-state index contributed by atoms with van der Waals surface area (Å²) in [6.45, 7) is 0.323. The number of H-pyrrole nitrogens is 2. The van der Waals surface area contributed by atoms with Crippen molar-refractivity contribution < 1.29 is 8.42 Å². The molecule has 0 bridgehead atoms. The van der Waals surface area contributed by atoms with Crippen LogP contribution in [-0.4, -0.2) is 46.6 Å². The molecular weight excluding hydrogens is 376 g/mol. The Bertz CT molecular complexity index is 1310. The number of rotatable bonds is 2. The molecule has 0 unspecified atom stereocenters. The van der Waals surface area contributed by atoms with Crippen LogP contribution >= 0.6 is 0 Å². The lowest BCUT2D eigenvalue weighted by atomic mass is 10.1. The average molecular weight is 392 g/mol. The van der Waals surface area contributed by atoms with Crippen LogP contribution in [-0.2, 0) is 10.0 Å². The molecule has 1 saturated heterocycles. The number of piperidine rings is 1. The molecule has 27 heavy (non-hydrogen) atoms. The van der Waals surface area contributed by atoms with E-state index >= 15 is 0 Å². The third-order valence-electron chi connectivity index (χ3n) is 5.07. The van der Waals surface area contributed by atoms with Gasteiger partial charge in [0.1, 0.15) is 21.8 Å². The SMILES string of the molecule is CS(=O)(=O)N1CCC(n2c(=O)c3c(=O)c4[nH]cc[nH]c4c(=O)c3c2=O)CC1. The minimum Gasteiger partial charge on any atom is -0.355 e. The zero-order valence-corrected chi connectivity index (χ0v) is 15.1. The predicted molar refractivity (Wildman–Crippen MR) is 99.1 cm³/mol. The van der Waals surface area contributed by atoms with Gasteiger partial charge in [-0.2, -0.15) is 0 Å². The Morgan fingerprint density at radius 2 is 1.33 bits per heavy atom. The fourth-order valence-corrected chi connectivity index (χ4v) is 4.61. The van der Waals surface area contributed by atoms with Crippen LogP contribution in [0, 0.1) is 0 Å². The number of nitrogens with one attached hydrogen (secondary N) is 2. The summed E-state index contributed by atoms with van der Waals surface area (Å²) in [4.78, 5) is 56.2. The normalized spacial score (nSPS) is 17.1. The van der Waals surface area contributed by atoms with Crippen molar-refractivity contribution in [3.63, 3.8) is 0 Å². The van der Waals surface area contributed by atoms with Gasteiger partial charge in [0.2, 0.25) is 20.9 Å². The molecule has 0 atom stereocenters. The Morgan fingerprint density at radius 3 is 1.74 bits per heavy atom. The van der Waals surface area contributed by atoms with Gasteiger partial charge < -0.3 is 9.97 Å². The molecule has 0 radical (unpaired) electrons. The molecule has 4 rings (SSSR count). The van der Waals surface area contributed by atoms with Crippen LogP contribution < -0.4 is 22.0 Å². The molecule has 3 heterocycles. The lowest BCUT2D eigenvalue weighted by Crippen LogP contribution is -2.42. The minimum atomic E-state index is -3.36. The summed E-state index contributed by atoms with van der Waals surface area (Å²) in [5.74, 6) is 0. The molecule has 2 N–H and O–H groups in total. The first-order valence-electron chi connectivity index (χ1n) is 8.31. The quantitative estimate of drug-likeness (QED) is 0.568. The van der Waals surface area contributed by atoms with Crippen molar-refractivity contribution in [1.29, 1.82) is 0 Å². The molecule has 3 aromatic rings. The summed E-state index contributed by atoms with van der Waals surface area (Å²) in [5, 5.41) is -0.835. The molecule has 1 aromatic carbocycles. The Morgan fingerprint density at radius 1 is 0.889 bits per heavy atom. The number of hydrogen-bond donors (Lipinski definition) is 2. The molecule has 142 valence electrons. The van der Waals surface area contributed by atoms with Gasteiger partial charge in [-0.1, -0.05) is 0 Å². The summed E-state index contributed by atoms with van der Waals surface area (Å²) in [6.07, 6.45) is 4.42. The highest BCUT2D eigenvalue weighted by atomic mass is 32.2. The van der Waals surface area contributed by atoms with Crippen LogP contribution in [0.4, 0.5) is 0 Å². The Balaban J connectivity index is 1.93. The van der Waals surface area contributed by atoms with Crippen molar-refractivity contribution in [3.05, 3.63) is 53.5 Å². The highest BCUT2D eigenvalue weighted by Crippen LogP contribution is 2.22. The third kappa shape index (κ3) is 2.53. The van der Waals surface area contributed by atoms with Gasteiger partial charge in [-0.15, -0.1) is 0 Å². The molecule has 0 spiro atoms. The molecule has 1 fully saturated rings. The Hall–Kier alpha value is -2.79. The number of aromatic nitrogens is 3. The molecule has 2 aromatic heterocycles. The number of nitrogens with zero attached hydrogens (tertiary/aromatic N) is 2. The molecule has 11 heteroatoms. The zero-order chi connectivity index (χ0) is 19.5. The number of hydrogen-bond acceptors (Lipinski definition) is 6. The van der Waals surface area contributed by atoms with Crippen molar-refractivity contribution in [2.45, 2.75) is 18.9 Å². The molecule has 0 aliphatic carbocycles. The first kappa shape index (κ1) is 17.6. The number of benzene rings is 1. The number of fused-ring (bicyclic) bond motifs is 2. The average Bonchev–Trinajstić information content (AvgIpc) is 2.90. The van der Waals surface area contributed by atoms with Crippen molar-refractivity contribution in [3.8, 4) is 0 Å². The van der Waals surface area contributed by atoms with Gasteiger partial charge in [0, 0.05) is 31.5 Å². The second-order valence-electron chi connectivity index (χ2n) is 6.65. The topological polar surface area (TPSA) is 142 Å². The van der Waals surface area contributed by atoms with Crippen molar-refractivity contribution >= 4 is 31.8 Å². The van der Waals surface area contributed by atoms with E-state index in [1.54, 1.807) is 0 Å². The summed E-state index contributed by atoms with van der Waals surface area (Å²) < 4.78 is 25.5. The van der Waals surface area contributed by atoms with Crippen LogP contribution in [0.5, 0.6) is 0 Å². The van der Waals surface area contributed by atoms with E-state index in [1.807, 2.05) is 0 Å². The van der Waals surface area contributed by atoms with Crippen LogP contribution in [0.1, 0.15) is 18.9 Å². The number of sulfonamides is 1. The highest BCUT2D eigenvalue weighted by Gasteiger charge is 2.30. The van der Waals surface area contributed by atoms with E-state index in [0.717, 1.165) is 10.8 Å². The van der Waals surface area contributed by atoms with E-state index in [-0.39, 0.29) is 37.0 Å². The number of aromatic amines is 2. The molecular formula is C16H16N4O6S. The van der Waals surface area contributed by atoms with E-state index in [9.17, 15) is 27.6 Å². The predicted octanol–water partition coefficient (Wildman–Crippen LogP) is -1.07. The van der Waals surface area contributed by atoms with Crippen LogP contribution in [0.25, 0.3) is 21.8 Å². The van der Waals surface area contributed by atoms with E-state index in [0.29, 0.717) is 0 Å². The van der Waals surface area contributed by atoms with E-state index in [2.05, 4.69) is 9.97 Å². The lowest BCUT2D eigenvalue weighted by Gasteiger charge is -2.30. The smallest absolute Gasteiger partial charge is 0.266 e. The maximum Gasteiger partial charge on any atom is 0.266 e. The molecule has 10 nitrogen and oxygen atoms in total. The first-order chi connectivity index (χ1) is 12.7. The van der Waals surface area contributed by atoms with Crippen LogP contribution in [0.3, 0.4) is 0 Å². The largest absolute Gasteiger partial charge is 0.355 e. The highest BCUT2D eigenvalue weighted by molar-refractivity contribution is 7.88. The maximum absolute atomic E-state index is 12.8. The summed E-state index contributed by atoms with van der Waals surface area (Å²) in [7, 11) is -3.36. The molecule has 1 aliphatic rings. The summed E-state index contributed by atoms with van der Waals surface area (Å²) >= 11 is 0. The van der Waals surface area contributed by atoms with Gasteiger partial charge >= 0.3 is 0 Å². The monoisotopic (exact) mass is 392 g/mol. The standard InChI is InChI=1S/C16H16N4O6S/c1-27(25,26)19-6-2-8(3-7-19)20-15(23)9-10(16(20)24)14(22)12-11(13(9)21)17-4-5-18-12/h4-5,8,17-18H,2-3,6-7H2,1H3. The van der Waals surface area contributed by atoms with E-state index in [4.69, 9.17) is 0 Å². The summed E-state index contributed by atoms with van der Waals surface area (Å²) in [5.41, 5.74) is -3.12. The van der Waals surface area contributed by atoms with E-state index in [1.165, 1.54) is 16.7 Å². The van der Waals surface area contributed by atoms with Gasteiger partial charge in [0.25, 0.3) is 11.1 Å². The minimum absolute atomic E-state index is 0.0591. The van der Waals surface area contributed by atoms with E-state index < -0.39 is 48.8 Å². The first-order valence-corrected chi connectivity index (χ1v) is 10.2. The van der Waals surface area contributed by atoms with Gasteiger partial charge in [0.05, 0.1) is 6.26 Å². The van der Waals surface area contributed by atoms with Gasteiger partial charge in [-0.25, -0.2) is 12.7 Å². The molecule has 0 saturated carbocycles. The Kier molecular flexibility index (Phi) is 3.82. The van der Waals surface area contributed by atoms with Crippen molar-refractivity contribution in [2.75, 3.05) is 19.3 Å². The van der Waals surface area contributed by atoms with Gasteiger partial charge in [-0.3, -0.25) is 23.7 Å². The maximum atomic E-state index is 12.8. The lowest BCUT2D eigenvalue weighted by molar-refractivity contribution is 0.270. The van der Waals surface area contributed by atoms with Crippen molar-refractivity contribution in [1.82, 2.24) is 18.8 Å². The second kappa shape index (κ2) is 5.86. The Labute approximate surface area is 151 Å². The van der Waals surface area contributed by atoms with Crippen LogP contribution in [0.2, 0.25) is 0 Å². The van der Waals surface area contributed by atoms with Gasteiger partial charge in [-0.05, 0) is 12.8 Å². The fraction of sp³-hybridized carbons (Fsp3) is 0.375. The van der Waals surface area contributed by atoms with Crippen LogP contribution in [0.15, 0.2) is 31.6 Å². The van der Waals surface area contributed by atoms with Crippen molar-refractivity contribution in [2.24, 2.45) is 0 Å². The second-order valence-corrected chi connectivity index (χ2v) is 8.64. The third-order valence-corrected chi connectivity index (χ3v) is 6.37. The fourth-order valence-electron chi connectivity index (χ4n) is 3.73. The zero-order valence-electron chi connectivity index (χ0n) is 14.3. The van der Waals surface area contributed by atoms with Gasteiger partial charge in [0.15, 0.2) is 0 Å². The molecule has 0 amide bonds. The molecule has 1 aliphatic heterocycles.